The van der Waals surface area contributed by atoms with Gasteiger partial charge in [0.05, 0.1) is 4.88 Å². The monoisotopic (exact) mass is 311 g/mol. The molecule has 1 heterocycles. The highest BCUT2D eigenvalue weighted by Gasteiger charge is 2.17. The molecule has 0 saturated carbocycles. The molecule has 4 heteroatoms. The van der Waals surface area contributed by atoms with Gasteiger partial charge in [-0.2, -0.15) is 0 Å². The molecule has 0 atom stereocenters. The summed E-state index contributed by atoms with van der Waals surface area (Å²) < 4.78 is 1.13. The van der Waals surface area contributed by atoms with Crippen molar-refractivity contribution >= 4 is 33.0 Å². The van der Waals surface area contributed by atoms with E-state index in [-0.39, 0.29) is 11.7 Å². The fourth-order valence-corrected chi connectivity index (χ4v) is 3.70. The number of hydrogen-bond acceptors (Lipinski definition) is 3. The van der Waals surface area contributed by atoms with Crippen LogP contribution in [-0.2, 0) is 6.42 Å². The fraction of sp³-hybridized carbons (Fsp3) is 0.167. The van der Waals surface area contributed by atoms with Crippen LogP contribution in [-0.4, -0.2) is 11.0 Å². The fourth-order valence-electron chi connectivity index (χ4n) is 2.55. The summed E-state index contributed by atoms with van der Waals surface area (Å²) in [5.74, 6) is 0.0261. The number of hydrogen-bond donors (Lipinski definition) is 2. The summed E-state index contributed by atoms with van der Waals surface area (Å²) in [6.45, 7) is 2.11. The van der Waals surface area contributed by atoms with Crippen molar-refractivity contribution in [1.82, 2.24) is 0 Å². The van der Waals surface area contributed by atoms with E-state index in [0.717, 1.165) is 33.4 Å². The van der Waals surface area contributed by atoms with E-state index in [4.69, 9.17) is 0 Å². The number of carbonyl (C=O) groups excluding carboxylic acids is 1. The Bertz CT molecular complexity index is 823. The molecule has 3 rings (SSSR count). The Morgan fingerprint density at radius 3 is 2.77 bits per heavy atom. The zero-order valence-corrected chi connectivity index (χ0v) is 13.1. The molecule has 0 fully saturated rings. The lowest BCUT2D eigenvalue weighted by molar-refractivity contribution is 0.103. The standard InChI is InChI=1S/C18H17NO2S/c1-2-6-15-14-9-3-4-10-16(14)22-17(15)18(21)19-12-7-5-8-13(20)11-12/h3-5,7-11,20H,2,6H2,1H3,(H,19,21). The Morgan fingerprint density at radius 2 is 2.00 bits per heavy atom. The smallest absolute Gasteiger partial charge is 0.266 e. The summed E-state index contributed by atoms with van der Waals surface area (Å²) in [6.07, 6.45) is 1.87. The highest BCUT2D eigenvalue weighted by molar-refractivity contribution is 7.21. The number of phenols is 1. The van der Waals surface area contributed by atoms with Gasteiger partial charge in [0.15, 0.2) is 0 Å². The van der Waals surface area contributed by atoms with E-state index < -0.39 is 0 Å². The molecule has 3 aromatic rings. The molecule has 2 N–H and O–H groups in total. The number of fused-ring (bicyclic) bond motifs is 1. The molecule has 1 aromatic heterocycles. The number of thiophene rings is 1. The molecule has 0 aliphatic carbocycles. The van der Waals surface area contributed by atoms with E-state index >= 15 is 0 Å². The van der Waals surface area contributed by atoms with Crippen LogP contribution in [0.4, 0.5) is 5.69 Å². The van der Waals surface area contributed by atoms with Crippen LogP contribution in [0, 0.1) is 0 Å². The quantitative estimate of drug-likeness (QED) is 0.726. The predicted octanol–water partition coefficient (Wildman–Crippen LogP) is 4.81. The Labute approximate surface area is 133 Å². The lowest BCUT2D eigenvalue weighted by Gasteiger charge is -2.06. The SMILES string of the molecule is CCCc1c(C(=O)Nc2cccc(O)c2)sc2ccccc12. The van der Waals surface area contributed by atoms with Crippen LogP contribution in [0.1, 0.15) is 28.6 Å². The van der Waals surface area contributed by atoms with Gasteiger partial charge in [-0.05, 0) is 35.6 Å². The Morgan fingerprint density at radius 1 is 1.18 bits per heavy atom. The maximum absolute atomic E-state index is 12.6. The molecule has 0 spiro atoms. The van der Waals surface area contributed by atoms with Crippen molar-refractivity contribution in [3.8, 4) is 5.75 Å². The molecule has 0 aliphatic heterocycles. The average Bonchev–Trinajstić information content (AvgIpc) is 2.87. The van der Waals surface area contributed by atoms with Crippen molar-refractivity contribution in [2.24, 2.45) is 0 Å². The number of benzene rings is 2. The number of aromatic hydroxyl groups is 1. The normalized spacial score (nSPS) is 10.8. The van der Waals surface area contributed by atoms with Gasteiger partial charge in [-0.15, -0.1) is 11.3 Å². The first kappa shape index (κ1) is 14.6. The van der Waals surface area contributed by atoms with E-state index in [9.17, 15) is 9.90 Å². The number of amides is 1. The van der Waals surface area contributed by atoms with Crippen molar-refractivity contribution in [2.75, 3.05) is 5.32 Å². The number of rotatable bonds is 4. The van der Waals surface area contributed by atoms with Crippen molar-refractivity contribution in [1.29, 1.82) is 0 Å². The van der Waals surface area contributed by atoms with Crippen LogP contribution in [0.2, 0.25) is 0 Å². The molecule has 2 aromatic carbocycles. The molecule has 112 valence electrons. The second-order valence-electron chi connectivity index (χ2n) is 5.16. The summed E-state index contributed by atoms with van der Waals surface area (Å²) in [7, 11) is 0. The topological polar surface area (TPSA) is 49.3 Å². The lowest BCUT2D eigenvalue weighted by Crippen LogP contribution is -2.12. The third kappa shape index (κ3) is 2.83. The van der Waals surface area contributed by atoms with E-state index in [1.54, 1.807) is 24.3 Å². The molecule has 3 nitrogen and oxygen atoms in total. The van der Waals surface area contributed by atoms with E-state index in [1.165, 1.54) is 11.3 Å². The molecule has 0 radical (unpaired) electrons. The van der Waals surface area contributed by atoms with Crippen LogP contribution >= 0.6 is 11.3 Å². The van der Waals surface area contributed by atoms with Crippen LogP contribution in [0.5, 0.6) is 5.75 Å². The maximum atomic E-state index is 12.6. The molecular formula is C18H17NO2S. The maximum Gasteiger partial charge on any atom is 0.266 e. The van der Waals surface area contributed by atoms with Gasteiger partial charge in [0.25, 0.3) is 5.91 Å². The minimum absolute atomic E-state index is 0.116. The minimum atomic E-state index is -0.116. The van der Waals surface area contributed by atoms with Gasteiger partial charge in [0.1, 0.15) is 5.75 Å². The third-order valence-corrected chi connectivity index (χ3v) is 4.72. The minimum Gasteiger partial charge on any atom is -0.508 e. The summed E-state index contributed by atoms with van der Waals surface area (Å²) in [5, 5.41) is 13.5. The molecule has 22 heavy (non-hydrogen) atoms. The first-order chi connectivity index (χ1) is 10.7. The number of nitrogens with one attached hydrogen (secondary N) is 1. The van der Waals surface area contributed by atoms with Crippen LogP contribution in [0.3, 0.4) is 0 Å². The summed E-state index contributed by atoms with van der Waals surface area (Å²) in [6, 6.07) is 14.7. The number of aryl methyl sites for hydroxylation is 1. The Kier molecular flexibility index (Phi) is 4.11. The average molecular weight is 311 g/mol. The third-order valence-electron chi connectivity index (χ3n) is 3.51. The lowest BCUT2D eigenvalue weighted by atomic mass is 10.1. The second-order valence-corrected chi connectivity index (χ2v) is 6.21. The number of phenolic OH excluding ortho intramolecular Hbond substituents is 1. The van der Waals surface area contributed by atoms with E-state index in [2.05, 4.69) is 18.3 Å². The molecule has 1 amide bonds. The van der Waals surface area contributed by atoms with Gasteiger partial charge in [0.2, 0.25) is 0 Å². The van der Waals surface area contributed by atoms with Crippen LogP contribution in [0.25, 0.3) is 10.1 Å². The molecular weight excluding hydrogens is 294 g/mol. The summed E-state index contributed by atoms with van der Waals surface area (Å²) >= 11 is 1.52. The van der Waals surface area contributed by atoms with Crippen molar-refractivity contribution in [2.45, 2.75) is 19.8 Å². The van der Waals surface area contributed by atoms with Gasteiger partial charge >= 0.3 is 0 Å². The molecule has 0 aliphatic rings. The van der Waals surface area contributed by atoms with E-state index in [0.29, 0.717) is 5.69 Å². The van der Waals surface area contributed by atoms with Crippen molar-refractivity contribution in [3.05, 3.63) is 59.0 Å². The number of anilines is 1. The van der Waals surface area contributed by atoms with Crippen molar-refractivity contribution in [3.63, 3.8) is 0 Å². The summed E-state index contributed by atoms with van der Waals surface area (Å²) in [4.78, 5) is 13.4. The van der Waals surface area contributed by atoms with Crippen LogP contribution in [0.15, 0.2) is 48.5 Å². The number of carbonyl (C=O) groups is 1. The van der Waals surface area contributed by atoms with Gasteiger partial charge in [-0.1, -0.05) is 37.6 Å². The second kappa shape index (κ2) is 6.20. The first-order valence-electron chi connectivity index (χ1n) is 7.30. The first-order valence-corrected chi connectivity index (χ1v) is 8.11. The Hall–Kier alpha value is -2.33. The van der Waals surface area contributed by atoms with Gasteiger partial charge in [0, 0.05) is 16.5 Å². The Balaban J connectivity index is 1.98. The largest absolute Gasteiger partial charge is 0.508 e. The molecule has 0 unspecified atom stereocenters. The van der Waals surface area contributed by atoms with Gasteiger partial charge < -0.3 is 10.4 Å². The van der Waals surface area contributed by atoms with Crippen molar-refractivity contribution < 1.29 is 9.90 Å². The predicted molar refractivity (Wildman–Crippen MR) is 91.9 cm³/mol. The van der Waals surface area contributed by atoms with Crippen LogP contribution < -0.4 is 5.32 Å². The zero-order valence-electron chi connectivity index (χ0n) is 12.3. The highest BCUT2D eigenvalue weighted by atomic mass is 32.1. The zero-order chi connectivity index (χ0) is 15.5. The molecule has 0 bridgehead atoms. The van der Waals surface area contributed by atoms with Gasteiger partial charge in [-0.25, -0.2) is 0 Å². The van der Waals surface area contributed by atoms with Gasteiger partial charge in [-0.3, -0.25) is 4.79 Å². The molecule has 0 saturated heterocycles. The highest BCUT2D eigenvalue weighted by Crippen LogP contribution is 2.33. The summed E-state index contributed by atoms with van der Waals surface area (Å²) in [5.41, 5.74) is 1.71. The van der Waals surface area contributed by atoms with E-state index in [1.807, 2.05) is 18.2 Å².